The van der Waals surface area contributed by atoms with Crippen molar-refractivity contribution >= 4 is 37.5 Å². The zero-order chi connectivity index (χ0) is 13.0. The maximum atomic E-state index is 6.12. The fraction of sp³-hybridized carbons (Fsp3) is 1.00. The van der Waals surface area contributed by atoms with Crippen LogP contribution in [0.15, 0.2) is 0 Å². The van der Waals surface area contributed by atoms with Crippen LogP contribution in [0.3, 0.4) is 0 Å². The van der Waals surface area contributed by atoms with Gasteiger partial charge in [-0.15, -0.1) is 0 Å². The van der Waals surface area contributed by atoms with Crippen LogP contribution in [0, 0.1) is 0 Å². The van der Waals surface area contributed by atoms with Crippen LogP contribution >= 0.6 is 37.5 Å². The smallest absolute Gasteiger partial charge is 0.130 e. The van der Waals surface area contributed by atoms with E-state index in [9.17, 15) is 0 Å². The van der Waals surface area contributed by atoms with Gasteiger partial charge in [-0.05, 0) is 0 Å². The van der Waals surface area contributed by atoms with Crippen molar-refractivity contribution < 1.29 is 9.05 Å². The second-order valence-electron chi connectivity index (χ2n) is 5.50. The normalized spacial score (nSPS) is 17.2. The minimum absolute atomic E-state index is 0.00656. The predicted octanol–water partition coefficient (Wildman–Crippen LogP) is 5.72. The molecule has 2 unspecified atom stereocenters. The molecule has 0 N–H and O–H groups in total. The summed E-state index contributed by atoms with van der Waals surface area (Å²) in [6.45, 7) is 13.4. The lowest BCUT2D eigenvalue weighted by molar-refractivity contribution is 0.245. The molecule has 98 valence electrons. The topological polar surface area (TPSA) is 18.5 Å². The summed E-state index contributed by atoms with van der Waals surface area (Å²) >= 11 is 12.2. The van der Waals surface area contributed by atoms with Crippen molar-refractivity contribution in [2.75, 3.05) is 13.2 Å². The Morgan fingerprint density at radius 1 is 0.750 bits per heavy atom. The SMILES string of the molecule is CC(C)(C)P(Cl)OCCOP(Cl)C(C)(C)C. The Bertz CT molecular complexity index is 180. The van der Waals surface area contributed by atoms with Gasteiger partial charge in [0.25, 0.3) is 0 Å². The lowest BCUT2D eigenvalue weighted by atomic mass is 10.3. The average Bonchev–Trinajstić information content (AvgIpc) is 2.08. The van der Waals surface area contributed by atoms with Crippen LogP contribution in [-0.4, -0.2) is 23.5 Å². The maximum Gasteiger partial charge on any atom is 0.130 e. The highest BCUT2D eigenvalue weighted by Gasteiger charge is 2.25. The van der Waals surface area contributed by atoms with Gasteiger partial charge in [-0.25, -0.2) is 0 Å². The molecule has 0 rings (SSSR count). The molecule has 0 heterocycles. The molecule has 0 aliphatic heterocycles. The van der Waals surface area contributed by atoms with Crippen molar-refractivity contribution in [2.24, 2.45) is 0 Å². The standard InChI is InChI=1S/C10H22Cl2O2P2/c1-9(2,3)15(11)13-7-8-14-16(12)10(4,5)6/h7-8H2,1-6H3. The van der Waals surface area contributed by atoms with E-state index in [0.29, 0.717) is 13.2 Å². The van der Waals surface area contributed by atoms with E-state index in [2.05, 4.69) is 41.5 Å². The molecule has 0 saturated heterocycles. The predicted molar refractivity (Wildman–Crippen MR) is 77.0 cm³/mol. The highest BCUT2D eigenvalue weighted by Crippen LogP contribution is 2.56. The van der Waals surface area contributed by atoms with Gasteiger partial charge in [0.1, 0.15) is 15.0 Å². The summed E-state index contributed by atoms with van der Waals surface area (Å²) in [4.78, 5) is 0. The van der Waals surface area contributed by atoms with Gasteiger partial charge in [-0.3, -0.25) is 0 Å². The molecule has 0 aromatic carbocycles. The molecule has 0 spiro atoms. The Morgan fingerprint density at radius 2 is 1.00 bits per heavy atom. The van der Waals surface area contributed by atoms with Crippen LogP contribution in [0.1, 0.15) is 41.5 Å². The van der Waals surface area contributed by atoms with Gasteiger partial charge < -0.3 is 9.05 Å². The molecular formula is C10H22Cl2O2P2. The first-order chi connectivity index (χ1) is 7.05. The van der Waals surface area contributed by atoms with E-state index < -0.39 is 15.0 Å². The summed E-state index contributed by atoms with van der Waals surface area (Å²) in [5, 5.41) is 0.0131. The highest BCUT2D eigenvalue weighted by atomic mass is 35.7. The molecule has 0 radical (unpaired) electrons. The second-order valence-corrected chi connectivity index (χ2v) is 11.5. The molecule has 6 heteroatoms. The van der Waals surface area contributed by atoms with Crippen molar-refractivity contribution in [3.8, 4) is 0 Å². The van der Waals surface area contributed by atoms with Gasteiger partial charge >= 0.3 is 0 Å². The quantitative estimate of drug-likeness (QED) is 0.478. The fourth-order valence-corrected chi connectivity index (χ4v) is 2.28. The van der Waals surface area contributed by atoms with Crippen molar-refractivity contribution in [1.29, 1.82) is 0 Å². The first kappa shape index (κ1) is 17.4. The van der Waals surface area contributed by atoms with Crippen LogP contribution < -0.4 is 0 Å². The van der Waals surface area contributed by atoms with Crippen molar-refractivity contribution in [1.82, 2.24) is 0 Å². The molecule has 0 aliphatic rings. The molecule has 16 heavy (non-hydrogen) atoms. The molecule has 0 aliphatic carbocycles. The zero-order valence-corrected chi connectivity index (χ0v) is 14.2. The van der Waals surface area contributed by atoms with Crippen LogP contribution in [0.5, 0.6) is 0 Å². The lowest BCUT2D eigenvalue weighted by Gasteiger charge is -2.26. The third kappa shape index (κ3) is 7.64. The number of halogens is 2. The highest BCUT2D eigenvalue weighted by molar-refractivity contribution is 7.81. The molecule has 0 amide bonds. The third-order valence-electron chi connectivity index (χ3n) is 1.55. The first-order valence-electron chi connectivity index (χ1n) is 5.23. The van der Waals surface area contributed by atoms with Crippen LogP contribution in [0.4, 0.5) is 0 Å². The second kappa shape index (κ2) is 7.07. The minimum Gasteiger partial charge on any atom is -0.340 e. The number of rotatable bonds is 5. The number of hydrogen-bond acceptors (Lipinski definition) is 2. The molecular weight excluding hydrogens is 285 g/mol. The summed E-state index contributed by atoms with van der Waals surface area (Å²) in [6, 6.07) is 0. The Hall–Kier alpha value is 1.36. The van der Waals surface area contributed by atoms with Crippen LogP contribution in [0.25, 0.3) is 0 Å². The monoisotopic (exact) mass is 306 g/mol. The molecule has 0 fully saturated rings. The maximum absolute atomic E-state index is 6.12. The summed E-state index contributed by atoms with van der Waals surface area (Å²) in [5.41, 5.74) is 0. The Kier molecular flexibility index (Phi) is 7.67. The third-order valence-corrected chi connectivity index (χ3v) is 8.10. The zero-order valence-electron chi connectivity index (χ0n) is 10.9. The van der Waals surface area contributed by atoms with E-state index in [1.807, 2.05) is 0 Å². The van der Waals surface area contributed by atoms with Crippen LogP contribution in [0.2, 0.25) is 0 Å². The van der Waals surface area contributed by atoms with Crippen molar-refractivity contribution in [3.63, 3.8) is 0 Å². The van der Waals surface area contributed by atoms with Gasteiger partial charge in [0.05, 0.1) is 13.2 Å². The summed E-state index contributed by atoms with van der Waals surface area (Å²) in [7, 11) is -1.85. The molecule has 0 saturated carbocycles. The van der Waals surface area contributed by atoms with Crippen LogP contribution in [-0.2, 0) is 9.05 Å². The van der Waals surface area contributed by atoms with E-state index in [-0.39, 0.29) is 10.3 Å². The van der Waals surface area contributed by atoms with Crippen molar-refractivity contribution in [3.05, 3.63) is 0 Å². The molecule has 2 nitrogen and oxygen atoms in total. The first-order valence-corrected chi connectivity index (χ1v) is 9.56. The Labute approximate surface area is 112 Å². The van der Waals surface area contributed by atoms with Gasteiger partial charge in [-0.1, -0.05) is 64.0 Å². The Morgan fingerprint density at radius 3 is 1.19 bits per heavy atom. The van der Waals surface area contributed by atoms with Gasteiger partial charge in [-0.2, -0.15) is 0 Å². The molecule has 0 aromatic rings. The minimum atomic E-state index is -0.924. The lowest BCUT2D eigenvalue weighted by Crippen LogP contribution is -2.13. The van der Waals surface area contributed by atoms with Gasteiger partial charge in [0.15, 0.2) is 0 Å². The summed E-state index contributed by atoms with van der Waals surface area (Å²) in [6.07, 6.45) is 0. The Balaban J connectivity index is 3.70. The van der Waals surface area contributed by atoms with Crippen molar-refractivity contribution in [2.45, 2.75) is 51.9 Å². The molecule has 2 atom stereocenters. The van der Waals surface area contributed by atoms with E-state index in [1.165, 1.54) is 0 Å². The molecule has 0 aromatic heterocycles. The van der Waals surface area contributed by atoms with E-state index in [1.54, 1.807) is 0 Å². The van der Waals surface area contributed by atoms with E-state index in [4.69, 9.17) is 31.5 Å². The summed E-state index contributed by atoms with van der Waals surface area (Å²) in [5.74, 6) is 0. The number of hydrogen-bond donors (Lipinski definition) is 0. The van der Waals surface area contributed by atoms with E-state index >= 15 is 0 Å². The fourth-order valence-electron chi connectivity index (χ4n) is 0.622. The molecule has 0 bridgehead atoms. The largest absolute Gasteiger partial charge is 0.340 e. The van der Waals surface area contributed by atoms with Gasteiger partial charge in [0.2, 0.25) is 0 Å². The summed E-state index contributed by atoms with van der Waals surface area (Å²) < 4.78 is 11.1. The van der Waals surface area contributed by atoms with E-state index in [0.717, 1.165) is 0 Å². The van der Waals surface area contributed by atoms with Gasteiger partial charge in [0, 0.05) is 10.3 Å². The average molecular weight is 307 g/mol.